The molecule has 0 aliphatic heterocycles. The first-order chi connectivity index (χ1) is 19.3. The molecule has 2 fully saturated rings. The van der Waals surface area contributed by atoms with E-state index in [1.807, 2.05) is 0 Å². The minimum Gasteiger partial charge on any atom is -0.480 e. The van der Waals surface area contributed by atoms with E-state index in [1.54, 1.807) is 41.2 Å². The molecule has 5 aromatic rings. The molecule has 9 nitrogen and oxygen atoms in total. The lowest BCUT2D eigenvalue weighted by atomic mass is 10.0. The van der Waals surface area contributed by atoms with Crippen molar-refractivity contribution in [2.24, 2.45) is 0 Å². The summed E-state index contributed by atoms with van der Waals surface area (Å²) in [6, 6.07) is 6.78. The quantitative estimate of drug-likeness (QED) is 0.273. The molecule has 12 heteroatoms. The van der Waals surface area contributed by atoms with Crippen LogP contribution in [0.2, 0.25) is 0 Å². The van der Waals surface area contributed by atoms with Crippen molar-refractivity contribution in [2.75, 3.05) is 7.11 Å². The van der Waals surface area contributed by atoms with E-state index in [9.17, 15) is 18.3 Å². The molecule has 40 heavy (non-hydrogen) atoms. The molecule has 2 saturated carbocycles. The highest BCUT2D eigenvalue weighted by Crippen LogP contribution is 2.45. The Morgan fingerprint density at radius 1 is 1.05 bits per heavy atom. The number of nitrogens with zero attached hydrogens (tertiary/aromatic N) is 6. The van der Waals surface area contributed by atoms with Crippen molar-refractivity contribution in [1.82, 2.24) is 34.5 Å². The summed E-state index contributed by atoms with van der Waals surface area (Å²) in [6.07, 6.45) is 4.03. The fourth-order valence-electron chi connectivity index (χ4n) is 5.04. The van der Waals surface area contributed by atoms with Crippen LogP contribution in [0.1, 0.15) is 66.3 Å². The molecule has 1 unspecified atom stereocenters. The maximum Gasteiger partial charge on any atom is 0.434 e. The lowest BCUT2D eigenvalue weighted by Gasteiger charge is -2.13. The van der Waals surface area contributed by atoms with Gasteiger partial charge in [-0.2, -0.15) is 13.2 Å². The van der Waals surface area contributed by atoms with Crippen LogP contribution >= 0.6 is 0 Å². The smallest absolute Gasteiger partial charge is 0.434 e. The number of rotatable bonds is 7. The summed E-state index contributed by atoms with van der Waals surface area (Å²) < 4.78 is 47.1. The third-order valence-electron chi connectivity index (χ3n) is 7.41. The molecule has 0 amide bonds. The van der Waals surface area contributed by atoms with Gasteiger partial charge in [0.2, 0.25) is 5.88 Å². The molecule has 4 heterocycles. The molecule has 204 valence electrons. The second-order valence-electron chi connectivity index (χ2n) is 10.2. The van der Waals surface area contributed by atoms with Gasteiger partial charge >= 0.3 is 6.18 Å². The third kappa shape index (κ3) is 4.28. The number of hydrogen-bond acceptors (Lipinski definition) is 7. The highest BCUT2D eigenvalue weighted by Gasteiger charge is 2.37. The van der Waals surface area contributed by atoms with Crippen LogP contribution in [-0.4, -0.2) is 46.7 Å². The molecule has 2 aliphatic carbocycles. The summed E-state index contributed by atoms with van der Waals surface area (Å²) >= 11 is 0. The highest BCUT2D eigenvalue weighted by atomic mass is 19.4. The molecular weight excluding hydrogens is 523 g/mol. The van der Waals surface area contributed by atoms with Gasteiger partial charge in [-0.15, -0.1) is 0 Å². The van der Waals surface area contributed by atoms with Crippen molar-refractivity contribution < 1.29 is 23.0 Å². The van der Waals surface area contributed by atoms with Crippen LogP contribution < -0.4 is 4.74 Å². The van der Waals surface area contributed by atoms with Gasteiger partial charge in [0.05, 0.1) is 30.0 Å². The van der Waals surface area contributed by atoms with E-state index in [-0.39, 0.29) is 11.9 Å². The maximum atomic E-state index is 13.3. The molecule has 0 bridgehead atoms. The van der Waals surface area contributed by atoms with Crippen LogP contribution in [0.15, 0.2) is 49.2 Å². The number of aliphatic hydroxyl groups excluding tert-OH is 1. The molecule has 0 radical (unpaired) electrons. The van der Waals surface area contributed by atoms with Gasteiger partial charge < -0.3 is 19.4 Å². The van der Waals surface area contributed by atoms with E-state index in [0.29, 0.717) is 50.9 Å². The number of halogens is 3. The number of H-pyrrole nitrogens is 1. The molecular formula is C28H24F3N7O2. The molecule has 1 atom stereocenters. The highest BCUT2D eigenvalue weighted by molar-refractivity contribution is 5.82. The average Bonchev–Trinajstić information content (AvgIpc) is 3.90. The zero-order valence-corrected chi connectivity index (χ0v) is 21.4. The van der Waals surface area contributed by atoms with Gasteiger partial charge in [-0.1, -0.05) is 24.3 Å². The average molecular weight is 548 g/mol. The normalized spacial score (nSPS) is 16.4. The van der Waals surface area contributed by atoms with Crippen LogP contribution in [-0.2, 0) is 6.18 Å². The Morgan fingerprint density at radius 3 is 2.50 bits per heavy atom. The van der Waals surface area contributed by atoms with Gasteiger partial charge in [-0.05, 0) is 31.2 Å². The number of imidazole rings is 1. The van der Waals surface area contributed by atoms with Crippen molar-refractivity contribution in [3.8, 4) is 28.7 Å². The standard InChI is InChI=1S/C28H24F3N7O2/c1-40-27-21(22(14-2-3-14)34-13-35-27)25-33-11-19-23(37-25)18(10-32-19)24(39)15-4-6-16(7-5-15)26-36-20(28(29,30)31)12-38(26)17-8-9-17/h4-7,10-14,17,24,32,39H,2-3,8-9H2,1H3. The molecule has 0 saturated heterocycles. The zero-order valence-electron chi connectivity index (χ0n) is 21.4. The van der Waals surface area contributed by atoms with E-state index in [0.717, 1.165) is 37.6 Å². The number of aromatic amines is 1. The summed E-state index contributed by atoms with van der Waals surface area (Å²) in [5.41, 5.74) is 3.41. The van der Waals surface area contributed by atoms with E-state index in [1.165, 1.54) is 13.4 Å². The van der Waals surface area contributed by atoms with Gasteiger partial charge in [0, 0.05) is 35.5 Å². The Labute approximate surface area is 226 Å². The van der Waals surface area contributed by atoms with Crippen molar-refractivity contribution in [3.63, 3.8) is 0 Å². The number of aliphatic hydroxyl groups is 1. The Hall–Kier alpha value is -4.32. The maximum absolute atomic E-state index is 13.3. The fourth-order valence-corrected chi connectivity index (χ4v) is 5.04. The predicted molar refractivity (Wildman–Crippen MR) is 138 cm³/mol. The monoisotopic (exact) mass is 547 g/mol. The first kappa shape index (κ1) is 24.7. The second kappa shape index (κ2) is 9.12. The first-order valence-corrected chi connectivity index (χ1v) is 13.0. The SMILES string of the molecule is COc1ncnc(C2CC2)c1-c1ncc2[nH]cc(C(O)c3ccc(-c4nc(C(F)(F)F)cn4C4CC4)cc3)c2n1. The topological polar surface area (TPSA) is 115 Å². The Bertz CT molecular complexity index is 1720. The molecule has 2 aliphatic rings. The number of hydrogen-bond donors (Lipinski definition) is 2. The number of aromatic nitrogens is 7. The summed E-state index contributed by atoms with van der Waals surface area (Å²) in [5, 5.41) is 11.3. The zero-order chi connectivity index (χ0) is 27.6. The fraction of sp³-hybridized carbons (Fsp3) is 0.321. The van der Waals surface area contributed by atoms with Gasteiger partial charge in [0.25, 0.3) is 0 Å². The summed E-state index contributed by atoms with van der Waals surface area (Å²) in [4.78, 5) is 25.0. The largest absolute Gasteiger partial charge is 0.480 e. The molecule has 4 aromatic heterocycles. The molecule has 7 rings (SSSR count). The Morgan fingerprint density at radius 2 is 1.82 bits per heavy atom. The summed E-state index contributed by atoms with van der Waals surface area (Å²) in [6.45, 7) is 0. The van der Waals surface area contributed by atoms with Crippen LogP contribution in [0.5, 0.6) is 5.88 Å². The van der Waals surface area contributed by atoms with E-state index >= 15 is 0 Å². The van der Waals surface area contributed by atoms with Gasteiger partial charge in [0.15, 0.2) is 11.5 Å². The van der Waals surface area contributed by atoms with Gasteiger partial charge in [-0.3, -0.25) is 0 Å². The number of fused-ring (bicyclic) bond motifs is 1. The predicted octanol–water partition coefficient (Wildman–Crippen LogP) is 5.60. The Kier molecular flexibility index (Phi) is 5.63. The van der Waals surface area contributed by atoms with Crippen molar-refractivity contribution in [1.29, 1.82) is 0 Å². The van der Waals surface area contributed by atoms with Crippen LogP contribution in [0.4, 0.5) is 13.2 Å². The van der Waals surface area contributed by atoms with Crippen molar-refractivity contribution in [3.05, 3.63) is 71.7 Å². The van der Waals surface area contributed by atoms with E-state index in [2.05, 4.69) is 24.9 Å². The third-order valence-corrected chi connectivity index (χ3v) is 7.41. The van der Waals surface area contributed by atoms with Crippen molar-refractivity contribution >= 4 is 11.0 Å². The summed E-state index contributed by atoms with van der Waals surface area (Å²) in [7, 11) is 1.54. The minimum absolute atomic E-state index is 0.0260. The van der Waals surface area contributed by atoms with Crippen LogP contribution in [0, 0.1) is 0 Å². The summed E-state index contributed by atoms with van der Waals surface area (Å²) in [5.74, 6) is 1.37. The number of benzene rings is 1. The Balaban J connectivity index is 1.23. The number of nitrogens with one attached hydrogen (secondary N) is 1. The van der Waals surface area contributed by atoms with Crippen molar-refractivity contribution in [2.45, 2.75) is 49.9 Å². The van der Waals surface area contributed by atoms with Crippen LogP contribution in [0.25, 0.3) is 33.8 Å². The first-order valence-electron chi connectivity index (χ1n) is 13.0. The minimum atomic E-state index is -4.52. The number of ether oxygens (including phenoxy) is 1. The van der Waals surface area contributed by atoms with Crippen LogP contribution in [0.3, 0.4) is 0 Å². The molecule has 0 spiro atoms. The number of methoxy groups -OCH3 is 1. The second-order valence-corrected chi connectivity index (χ2v) is 10.2. The number of alkyl halides is 3. The lowest BCUT2D eigenvalue weighted by Crippen LogP contribution is -2.05. The lowest BCUT2D eigenvalue weighted by molar-refractivity contribution is -0.140. The molecule has 1 aromatic carbocycles. The van der Waals surface area contributed by atoms with E-state index < -0.39 is 18.0 Å². The van der Waals surface area contributed by atoms with Gasteiger partial charge in [0.1, 0.15) is 23.8 Å². The van der Waals surface area contributed by atoms with Gasteiger partial charge in [-0.25, -0.2) is 24.9 Å². The van der Waals surface area contributed by atoms with E-state index in [4.69, 9.17) is 9.72 Å². The molecule has 2 N–H and O–H groups in total.